The first kappa shape index (κ1) is 13.4. The van der Waals surface area contributed by atoms with Crippen LogP contribution in [-0.2, 0) is 9.84 Å². The van der Waals surface area contributed by atoms with Gasteiger partial charge in [-0.05, 0) is 12.1 Å². The molecule has 17 heavy (non-hydrogen) atoms. The molecule has 0 aromatic carbocycles. The van der Waals surface area contributed by atoms with E-state index in [-0.39, 0.29) is 18.0 Å². The van der Waals surface area contributed by atoms with Gasteiger partial charge in [-0.15, -0.1) is 10.2 Å². The Balaban J connectivity index is 2.70. The van der Waals surface area contributed by atoms with Gasteiger partial charge in [0.15, 0.2) is 11.5 Å². The SMILES string of the molecule is CN(CCS(C)(=O)=O)c1ccc(C(=O)O)nn1. The molecule has 7 nitrogen and oxygen atoms in total. The minimum absolute atomic E-state index is 0.00582. The molecule has 0 atom stereocenters. The van der Waals surface area contributed by atoms with E-state index in [0.29, 0.717) is 5.82 Å². The van der Waals surface area contributed by atoms with Crippen LogP contribution in [0.5, 0.6) is 0 Å². The van der Waals surface area contributed by atoms with E-state index in [0.717, 1.165) is 6.26 Å². The first-order valence-electron chi connectivity index (χ1n) is 4.75. The van der Waals surface area contributed by atoms with Crippen LogP contribution in [0.3, 0.4) is 0 Å². The van der Waals surface area contributed by atoms with Crippen molar-refractivity contribution in [1.82, 2.24) is 10.2 Å². The molecule has 94 valence electrons. The highest BCUT2D eigenvalue weighted by molar-refractivity contribution is 7.90. The number of nitrogens with zero attached hydrogens (tertiary/aromatic N) is 3. The van der Waals surface area contributed by atoms with Crippen molar-refractivity contribution in [2.45, 2.75) is 0 Å². The Bertz CT molecular complexity index is 497. The molecule has 0 aliphatic rings. The Morgan fingerprint density at radius 3 is 2.47 bits per heavy atom. The lowest BCUT2D eigenvalue weighted by Crippen LogP contribution is -2.26. The molecule has 0 fully saturated rings. The largest absolute Gasteiger partial charge is 0.476 e. The van der Waals surface area contributed by atoms with Gasteiger partial charge in [0.2, 0.25) is 0 Å². The molecular weight excluding hydrogens is 246 g/mol. The van der Waals surface area contributed by atoms with Crippen molar-refractivity contribution in [3.8, 4) is 0 Å². The summed E-state index contributed by atoms with van der Waals surface area (Å²) in [5, 5.41) is 15.8. The number of rotatable bonds is 5. The van der Waals surface area contributed by atoms with Crippen LogP contribution in [0.25, 0.3) is 0 Å². The minimum Gasteiger partial charge on any atom is -0.476 e. The molecule has 1 aromatic heterocycles. The van der Waals surface area contributed by atoms with Gasteiger partial charge in [-0.2, -0.15) is 0 Å². The summed E-state index contributed by atoms with van der Waals surface area (Å²) in [5.74, 6) is -0.715. The van der Waals surface area contributed by atoms with Crippen LogP contribution < -0.4 is 4.90 Å². The quantitative estimate of drug-likeness (QED) is 0.771. The van der Waals surface area contributed by atoms with E-state index in [1.165, 1.54) is 12.1 Å². The Morgan fingerprint density at radius 2 is 2.06 bits per heavy atom. The van der Waals surface area contributed by atoms with Gasteiger partial charge in [0.05, 0.1) is 5.75 Å². The second kappa shape index (κ2) is 5.09. The highest BCUT2D eigenvalue weighted by Gasteiger charge is 2.10. The van der Waals surface area contributed by atoms with Crippen LogP contribution in [0.1, 0.15) is 10.5 Å². The van der Waals surface area contributed by atoms with Gasteiger partial charge in [-0.1, -0.05) is 0 Å². The zero-order valence-electron chi connectivity index (χ0n) is 9.49. The van der Waals surface area contributed by atoms with E-state index in [4.69, 9.17) is 5.11 Å². The summed E-state index contributed by atoms with van der Waals surface area (Å²) in [4.78, 5) is 12.1. The van der Waals surface area contributed by atoms with Crippen LogP contribution in [-0.4, -0.2) is 55.3 Å². The number of carboxylic acids is 1. The normalized spacial score (nSPS) is 11.2. The number of hydrogen-bond donors (Lipinski definition) is 1. The first-order chi connectivity index (χ1) is 7.79. The van der Waals surface area contributed by atoms with Gasteiger partial charge in [0.1, 0.15) is 9.84 Å². The lowest BCUT2D eigenvalue weighted by Gasteiger charge is -2.16. The summed E-state index contributed by atoms with van der Waals surface area (Å²) in [6.07, 6.45) is 1.15. The van der Waals surface area contributed by atoms with Crippen LogP contribution in [0, 0.1) is 0 Å². The lowest BCUT2D eigenvalue weighted by atomic mass is 10.4. The van der Waals surface area contributed by atoms with E-state index < -0.39 is 15.8 Å². The monoisotopic (exact) mass is 259 g/mol. The molecule has 1 aromatic rings. The van der Waals surface area contributed by atoms with E-state index in [1.54, 1.807) is 11.9 Å². The van der Waals surface area contributed by atoms with Crippen LogP contribution in [0.4, 0.5) is 5.82 Å². The van der Waals surface area contributed by atoms with Gasteiger partial charge in [0.25, 0.3) is 0 Å². The van der Waals surface area contributed by atoms with Crippen molar-refractivity contribution in [2.24, 2.45) is 0 Å². The maximum Gasteiger partial charge on any atom is 0.356 e. The smallest absolute Gasteiger partial charge is 0.356 e. The number of carbonyl (C=O) groups is 1. The Morgan fingerprint density at radius 1 is 1.41 bits per heavy atom. The minimum atomic E-state index is -3.03. The molecule has 0 saturated carbocycles. The molecule has 0 amide bonds. The summed E-state index contributed by atoms with van der Waals surface area (Å²) in [6, 6.07) is 2.81. The molecule has 0 spiro atoms. The predicted octanol–water partition coefficient (Wildman–Crippen LogP) is -0.344. The number of sulfone groups is 1. The van der Waals surface area contributed by atoms with Gasteiger partial charge >= 0.3 is 5.97 Å². The summed E-state index contributed by atoms with van der Waals surface area (Å²) in [5.41, 5.74) is -0.148. The van der Waals surface area contributed by atoms with Crippen molar-refractivity contribution < 1.29 is 18.3 Å². The molecule has 8 heteroatoms. The molecule has 1 rings (SSSR count). The topological polar surface area (TPSA) is 100 Å². The Hall–Kier alpha value is -1.70. The van der Waals surface area contributed by atoms with Crippen LogP contribution in [0.15, 0.2) is 12.1 Å². The highest BCUT2D eigenvalue weighted by atomic mass is 32.2. The Labute approximate surface area is 99.0 Å². The molecule has 0 unspecified atom stereocenters. The van der Waals surface area contributed by atoms with Gasteiger partial charge in [0, 0.05) is 19.8 Å². The van der Waals surface area contributed by atoms with Crippen molar-refractivity contribution in [1.29, 1.82) is 0 Å². The average molecular weight is 259 g/mol. The summed E-state index contributed by atoms with van der Waals surface area (Å²) in [6.45, 7) is 0.278. The lowest BCUT2D eigenvalue weighted by molar-refractivity contribution is 0.0689. The van der Waals surface area contributed by atoms with Gasteiger partial charge in [-0.25, -0.2) is 13.2 Å². The predicted molar refractivity (Wildman–Crippen MR) is 62.0 cm³/mol. The molecule has 0 saturated heterocycles. The van der Waals surface area contributed by atoms with Crippen LogP contribution in [0.2, 0.25) is 0 Å². The van der Waals surface area contributed by atoms with Crippen molar-refractivity contribution >= 4 is 21.6 Å². The fourth-order valence-electron chi connectivity index (χ4n) is 1.06. The number of carboxylic acid groups (broad SMARTS) is 1. The third-order valence-corrected chi connectivity index (χ3v) is 2.98. The van der Waals surface area contributed by atoms with Gasteiger partial charge in [-0.3, -0.25) is 0 Å². The summed E-state index contributed by atoms with van der Waals surface area (Å²) < 4.78 is 21.9. The van der Waals surface area contributed by atoms with Gasteiger partial charge < -0.3 is 10.0 Å². The fourth-order valence-corrected chi connectivity index (χ4v) is 1.67. The van der Waals surface area contributed by atoms with E-state index in [9.17, 15) is 13.2 Å². The number of aromatic nitrogens is 2. The number of aromatic carboxylic acids is 1. The first-order valence-corrected chi connectivity index (χ1v) is 6.81. The van der Waals surface area contributed by atoms with Crippen molar-refractivity contribution in [2.75, 3.05) is 30.5 Å². The molecule has 0 radical (unpaired) electrons. The second-order valence-electron chi connectivity index (χ2n) is 3.63. The second-order valence-corrected chi connectivity index (χ2v) is 5.89. The molecule has 0 aliphatic heterocycles. The van der Waals surface area contributed by atoms with E-state index >= 15 is 0 Å². The molecule has 0 bridgehead atoms. The molecular formula is C9H13N3O4S. The standard InChI is InChI=1S/C9H13N3O4S/c1-12(5-6-17(2,15)16)8-4-3-7(9(13)14)10-11-8/h3-4H,5-6H2,1-2H3,(H,13,14). The zero-order valence-corrected chi connectivity index (χ0v) is 10.3. The van der Waals surface area contributed by atoms with E-state index in [1.807, 2.05) is 0 Å². The molecule has 1 heterocycles. The zero-order chi connectivity index (χ0) is 13.1. The number of anilines is 1. The third kappa shape index (κ3) is 4.35. The maximum atomic E-state index is 11.0. The van der Waals surface area contributed by atoms with Crippen molar-refractivity contribution in [3.63, 3.8) is 0 Å². The summed E-state index contributed by atoms with van der Waals surface area (Å²) >= 11 is 0. The van der Waals surface area contributed by atoms with E-state index in [2.05, 4.69) is 10.2 Å². The Kier molecular flexibility index (Phi) is 4.00. The maximum absolute atomic E-state index is 11.0. The molecule has 0 aliphatic carbocycles. The average Bonchev–Trinajstić information content (AvgIpc) is 2.25. The fraction of sp³-hybridized carbons (Fsp3) is 0.444. The third-order valence-electron chi connectivity index (χ3n) is 2.06. The number of hydrogen-bond acceptors (Lipinski definition) is 6. The van der Waals surface area contributed by atoms with Crippen LogP contribution >= 0.6 is 0 Å². The summed E-state index contributed by atoms with van der Waals surface area (Å²) in [7, 11) is -1.37. The highest BCUT2D eigenvalue weighted by Crippen LogP contribution is 2.07. The molecule has 1 N–H and O–H groups in total. The van der Waals surface area contributed by atoms with Crippen molar-refractivity contribution in [3.05, 3.63) is 17.8 Å².